The van der Waals surface area contributed by atoms with Crippen LogP contribution in [-0.2, 0) is 10.0 Å². The van der Waals surface area contributed by atoms with Gasteiger partial charge in [-0.3, -0.25) is 0 Å². The number of sulfonamides is 1. The molecule has 2 aromatic rings. The summed E-state index contributed by atoms with van der Waals surface area (Å²) in [6.07, 6.45) is 0.734. The van der Waals surface area contributed by atoms with Crippen LogP contribution in [0.25, 0.3) is 10.8 Å². The molecule has 0 spiro atoms. The Morgan fingerprint density at radius 3 is 2.35 bits per heavy atom. The molecule has 0 amide bonds. The molecule has 1 N–H and O–H groups in total. The zero-order valence-corrected chi connectivity index (χ0v) is 13.9. The minimum atomic E-state index is -3.44. The molecule has 1 heterocycles. The van der Waals surface area contributed by atoms with Gasteiger partial charge in [0.25, 0.3) is 0 Å². The topological polar surface area (TPSA) is 60.9 Å². The molecule has 124 valence electrons. The van der Waals surface area contributed by atoms with Gasteiger partial charge < -0.3 is 10.0 Å². The fourth-order valence-corrected chi connectivity index (χ4v) is 4.42. The van der Waals surface area contributed by atoms with Crippen molar-refractivity contribution < 1.29 is 13.5 Å². The van der Waals surface area contributed by atoms with Gasteiger partial charge >= 0.3 is 0 Å². The highest BCUT2D eigenvalue weighted by atomic mass is 32.2. The number of rotatable bonds is 5. The summed E-state index contributed by atoms with van der Waals surface area (Å²) in [5.41, 5.74) is 0. The van der Waals surface area contributed by atoms with E-state index in [1.807, 2.05) is 30.3 Å². The Kier molecular flexibility index (Phi) is 4.96. The van der Waals surface area contributed by atoms with Gasteiger partial charge in [0, 0.05) is 39.3 Å². The van der Waals surface area contributed by atoms with Gasteiger partial charge in [-0.25, -0.2) is 8.42 Å². The van der Waals surface area contributed by atoms with Crippen LogP contribution >= 0.6 is 0 Å². The first-order chi connectivity index (χ1) is 11.1. The van der Waals surface area contributed by atoms with Crippen molar-refractivity contribution in [3.63, 3.8) is 0 Å². The minimum absolute atomic E-state index is 0.176. The van der Waals surface area contributed by atoms with Crippen LogP contribution in [0.5, 0.6) is 0 Å². The van der Waals surface area contributed by atoms with Crippen LogP contribution < -0.4 is 0 Å². The summed E-state index contributed by atoms with van der Waals surface area (Å²) in [6.45, 7) is 3.43. The predicted molar refractivity (Wildman–Crippen MR) is 90.8 cm³/mol. The summed E-state index contributed by atoms with van der Waals surface area (Å²) in [6, 6.07) is 13.1. The van der Waals surface area contributed by atoms with E-state index in [-0.39, 0.29) is 6.61 Å². The number of benzene rings is 2. The molecule has 1 fully saturated rings. The van der Waals surface area contributed by atoms with Crippen molar-refractivity contribution >= 4 is 20.8 Å². The van der Waals surface area contributed by atoms with Crippen molar-refractivity contribution in [2.45, 2.75) is 11.3 Å². The summed E-state index contributed by atoms with van der Waals surface area (Å²) in [7, 11) is -3.44. The van der Waals surface area contributed by atoms with E-state index in [9.17, 15) is 8.42 Å². The summed E-state index contributed by atoms with van der Waals surface area (Å²) in [5.74, 6) is 0. The van der Waals surface area contributed by atoms with E-state index in [2.05, 4.69) is 4.90 Å². The van der Waals surface area contributed by atoms with Crippen molar-refractivity contribution in [2.24, 2.45) is 0 Å². The summed E-state index contributed by atoms with van der Waals surface area (Å²) < 4.78 is 27.2. The molecule has 3 rings (SSSR count). The van der Waals surface area contributed by atoms with E-state index in [0.717, 1.165) is 23.7 Å². The summed E-state index contributed by atoms with van der Waals surface area (Å²) in [4.78, 5) is 2.56. The number of piperazine rings is 1. The molecule has 0 unspecified atom stereocenters. The van der Waals surface area contributed by atoms with E-state index >= 15 is 0 Å². The number of hydrogen-bond donors (Lipinski definition) is 1. The molecule has 5 nitrogen and oxygen atoms in total. The van der Waals surface area contributed by atoms with Crippen molar-refractivity contribution in [2.75, 3.05) is 39.3 Å². The molecule has 0 radical (unpaired) electrons. The maximum absolute atomic E-state index is 12.8. The molecule has 1 saturated heterocycles. The zero-order chi connectivity index (χ0) is 16.3. The lowest BCUT2D eigenvalue weighted by molar-refractivity contribution is 0.171. The first-order valence-corrected chi connectivity index (χ1v) is 9.37. The van der Waals surface area contributed by atoms with E-state index < -0.39 is 10.0 Å². The molecule has 2 aromatic carbocycles. The molecule has 1 aliphatic heterocycles. The summed E-state index contributed by atoms with van der Waals surface area (Å²) in [5, 5.41) is 10.9. The van der Waals surface area contributed by atoms with E-state index in [0.29, 0.717) is 31.1 Å². The van der Waals surface area contributed by atoms with Crippen molar-refractivity contribution in [3.8, 4) is 0 Å². The molecule has 6 heteroatoms. The monoisotopic (exact) mass is 334 g/mol. The van der Waals surface area contributed by atoms with Gasteiger partial charge in [-0.1, -0.05) is 30.3 Å². The molecule has 0 atom stereocenters. The maximum atomic E-state index is 12.8. The van der Waals surface area contributed by atoms with Crippen LogP contribution in [0.3, 0.4) is 0 Å². The Labute approximate surface area is 137 Å². The molecule has 0 saturated carbocycles. The number of aliphatic hydroxyl groups excluding tert-OH is 1. The molecule has 23 heavy (non-hydrogen) atoms. The Bertz CT molecular complexity index is 768. The first kappa shape index (κ1) is 16.4. The first-order valence-electron chi connectivity index (χ1n) is 7.93. The molecule has 0 bridgehead atoms. The van der Waals surface area contributed by atoms with E-state index in [1.165, 1.54) is 0 Å². The van der Waals surface area contributed by atoms with Crippen LogP contribution in [-0.4, -0.2) is 62.1 Å². The highest BCUT2D eigenvalue weighted by molar-refractivity contribution is 7.89. The average molecular weight is 334 g/mol. The third kappa shape index (κ3) is 3.55. The number of nitrogens with zero attached hydrogens (tertiary/aromatic N) is 2. The standard InChI is InChI=1S/C17H22N2O3S/c20-13-3-8-18-9-11-19(12-10-18)23(21,22)17-7-6-15-4-1-2-5-16(15)14-17/h1-2,4-7,14,20H,3,8-13H2. The highest BCUT2D eigenvalue weighted by Crippen LogP contribution is 2.22. The zero-order valence-electron chi connectivity index (χ0n) is 13.1. The van der Waals surface area contributed by atoms with E-state index in [1.54, 1.807) is 16.4 Å². The predicted octanol–water partition coefficient (Wildman–Crippen LogP) is 1.53. The smallest absolute Gasteiger partial charge is 0.243 e. The molecule has 1 aliphatic rings. The van der Waals surface area contributed by atoms with E-state index in [4.69, 9.17) is 5.11 Å². The largest absolute Gasteiger partial charge is 0.396 e. The highest BCUT2D eigenvalue weighted by Gasteiger charge is 2.28. The second-order valence-corrected chi connectivity index (χ2v) is 7.77. The normalized spacial score (nSPS) is 17.6. The van der Waals surface area contributed by atoms with Crippen molar-refractivity contribution in [3.05, 3.63) is 42.5 Å². The lowest BCUT2D eigenvalue weighted by Gasteiger charge is -2.33. The second-order valence-electron chi connectivity index (χ2n) is 5.83. The second kappa shape index (κ2) is 6.97. The number of aliphatic hydroxyl groups is 1. The van der Waals surface area contributed by atoms with Gasteiger partial charge in [0.05, 0.1) is 4.90 Å². The lowest BCUT2D eigenvalue weighted by Crippen LogP contribution is -2.48. The number of hydrogen-bond acceptors (Lipinski definition) is 4. The molecule has 0 aromatic heterocycles. The maximum Gasteiger partial charge on any atom is 0.243 e. The summed E-state index contributed by atoms with van der Waals surface area (Å²) >= 11 is 0. The third-order valence-corrected chi connectivity index (χ3v) is 6.22. The Morgan fingerprint density at radius 1 is 0.957 bits per heavy atom. The molecular weight excluding hydrogens is 312 g/mol. The van der Waals surface area contributed by atoms with Gasteiger partial charge in [0.2, 0.25) is 10.0 Å². The van der Waals surface area contributed by atoms with Crippen molar-refractivity contribution in [1.29, 1.82) is 0 Å². The fraction of sp³-hybridized carbons (Fsp3) is 0.412. The van der Waals surface area contributed by atoms with Crippen LogP contribution in [0, 0.1) is 0 Å². The third-order valence-electron chi connectivity index (χ3n) is 4.32. The van der Waals surface area contributed by atoms with Gasteiger partial charge in [0.15, 0.2) is 0 Å². The minimum Gasteiger partial charge on any atom is -0.396 e. The molecular formula is C17H22N2O3S. The lowest BCUT2D eigenvalue weighted by atomic mass is 10.1. The van der Waals surface area contributed by atoms with Gasteiger partial charge in [-0.15, -0.1) is 0 Å². The van der Waals surface area contributed by atoms with Crippen LogP contribution in [0.1, 0.15) is 6.42 Å². The number of fused-ring (bicyclic) bond motifs is 1. The Morgan fingerprint density at radius 2 is 1.65 bits per heavy atom. The van der Waals surface area contributed by atoms with Crippen molar-refractivity contribution in [1.82, 2.24) is 9.21 Å². The van der Waals surface area contributed by atoms with Gasteiger partial charge in [-0.2, -0.15) is 4.31 Å². The average Bonchev–Trinajstić information content (AvgIpc) is 2.60. The van der Waals surface area contributed by atoms with Gasteiger partial charge in [-0.05, 0) is 29.3 Å². The van der Waals surface area contributed by atoms with Gasteiger partial charge in [0.1, 0.15) is 0 Å². The SMILES string of the molecule is O=S(=O)(c1ccc2ccccc2c1)N1CCN(CCCO)CC1. The Hall–Kier alpha value is -1.47. The van der Waals surface area contributed by atoms with Crippen LogP contribution in [0.4, 0.5) is 0 Å². The van der Waals surface area contributed by atoms with Crippen LogP contribution in [0.2, 0.25) is 0 Å². The Balaban J connectivity index is 1.76. The molecule has 0 aliphatic carbocycles. The van der Waals surface area contributed by atoms with Crippen LogP contribution in [0.15, 0.2) is 47.4 Å². The fourth-order valence-electron chi connectivity index (χ4n) is 2.96. The quantitative estimate of drug-likeness (QED) is 0.901.